The van der Waals surface area contributed by atoms with Crippen LogP contribution in [0, 0.1) is 11.7 Å². The van der Waals surface area contributed by atoms with E-state index in [0.29, 0.717) is 23.0 Å². The predicted molar refractivity (Wildman–Crippen MR) is 71.8 cm³/mol. The summed E-state index contributed by atoms with van der Waals surface area (Å²) in [5.41, 5.74) is 1.81. The van der Waals surface area contributed by atoms with Crippen molar-refractivity contribution in [2.75, 3.05) is 7.11 Å². The van der Waals surface area contributed by atoms with E-state index < -0.39 is 0 Å². The fourth-order valence-electron chi connectivity index (χ4n) is 2.02. The fourth-order valence-corrected chi connectivity index (χ4v) is 2.29. The summed E-state index contributed by atoms with van der Waals surface area (Å²) in [6, 6.07) is 5.77. The van der Waals surface area contributed by atoms with Gasteiger partial charge in [0.15, 0.2) is 10.6 Å². The fraction of sp³-hybridized carbons (Fsp3) is 0.250. The highest BCUT2D eigenvalue weighted by molar-refractivity contribution is 7.71. The molecule has 3 aromatic rings. The molecule has 0 fully saturated rings. The summed E-state index contributed by atoms with van der Waals surface area (Å²) in [7, 11) is 1.63. The number of H-pyrrole nitrogens is 1. The van der Waals surface area contributed by atoms with E-state index in [0.717, 1.165) is 16.8 Å². The van der Waals surface area contributed by atoms with Gasteiger partial charge in [-0.2, -0.15) is 4.98 Å². The molecule has 0 spiro atoms. The Labute approximate surface area is 114 Å². The van der Waals surface area contributed by atoms with Gasteiger partial charge in [0.2, 0.25) is 5.89 Å². The second kappa shape index (κ2) is 4.51. The zero-order valence-corrected chi connectivity index (χ0v) is 11.3. The summed E-state index contributed by atoms with van der Waals surface area (Å²) in [6.07, 6.45) is 0. The lowest BCUT2D eigenvalue weighted by atomic mass is 10.3. The highest BCUT2D eigenvalue weighted by atomic mass is 32.1. The molecule has 98 valence electrons. The molecule has 0 amide bonds. The smallest absolute Gasteiger partial charge is 0.246 e. The minimum atomic E-state index is 0.437. The normalized spacial score (nSPS) is 11.1. The van der Waals surface area contributed by atoms with Crippen LogP contribution in [0.2, 0.25) is 0 Å². The molecule has 0 aliphatic heterocycles. The van der Waals surface area contributed by atoms with Crippen LogP contribution < -0.4 is 4.74 Å². The average Bonchev–Trinajstić information content (AvgIpc) is 2.94. The van der Waals surface area contributed by atoms with E-state index >= 15 is 0 Å². The first-order valence-corrected chi connectivity index (χ1v) is 6.14. The van der Waals surface area contributed by atoms with Crippen molar-refractivity contribution in [3.8, 4) is 5.75 Å². The van der Waals surface area contributed by atoms with E-state index in [-0.39, 0.29) is 0 Å². The lowest BCUT2D eigenvalue weighted by molar-refractivity contribution is 0.368. The minimum Gasteiger partial charge on any atom is -0.494 e. The van der Waals surface area contributed by atoms with Gasteiger partial charge in [-0.3, -0.25) is 0 Å². The van der Waals surface area contributed by atoms with Crippen molar-refractivity contribution in [1.29, 1.82) is 0 Å². The molecular formula is C12H12N4O2S. The number of fused-ring (bicyclic) bond motifs is 1. The molecule has 0 aliphatic rings. The first-order valence-electron chi connectivity index (χ1n) is 5.74. The van der Waals surface area contributed by atoms with E-state index in [9.17, 15) is 0 Å². The van der Waals surface area contributed by atoms with Gasteiger partial charge in [-0.1, -0.05) is 11.2 Å². The summed E-state index contributed by atoms with van der Waals surface area (Å²) in [6.45, 7) is 2.22. The molecule has 2 heterocycles. The van der Waals surface area contributed by atoms with Crippen LogP contribution in [0.3, 0.4) is 0 Å². The summed E-state index contributed by atoms with van der Waals surface area (Å²) in [5, 5.41) is 3.77. The molecule has 6 nitrogen and oxygen atoms in total. The van der Waals surface area contributed by atoms with Crippen molar-refractivity contribution < 1.29 is 9.26 Å². The topological polar surface area (TPSA) is 68.9 Å². The Kier molecular flexibility index (Phi) is 2.83. The van der Waals surface area contributed by atoms with E-state index in [1.54, 1.807) is 14.0 Å². The van der Waals surface area contributed by atoms with E-state index in [1.807, 2.05) is 22.8 Å². The van der Waals surface area contributed by atoms with Gasteiger partial charge < -0.3 is 18.8 Å². The minimum absolute atomic E-state index is 0.437. The quantitative estimate of drug-likeness (QED) is 0.744. The number of benzene rings is 1. The molecule has 0 saturated heterocycles. The van der Waals surface area contributed by atoms with Crippen LogP contribution in [0.25, 0.3) is 11.0 Å². The zero-order valence-electron chi connectivity index (χ0n) is 10.5. The van der Waals surface area contributed by atoms with Gasteiger partial charge in [0.25, 0.3) is 0 Å². The molecule has 0 atom stereocenters. The third-order valence-electron chi connectivity index (χ3n) is 2.86. The van der Waals surface area contributed by atoms with Gasteiger partial charge in [-0.15, -0.1) is 0 Å². The highest BCUT2D eigenvalue weighted by Gasteiger charge is 2.11. The van der Waals surface area contributed by atoms with Crippen molar-refractivity contribution in [3.63, 3.8) is 0 Å². The lowest BCUT2D eigenvalue weighted by Gasteiger charge is -2.02. The monoisotopic (exact) mass is 276 g/mol. The number of ether oxygens (including phenoxy) is 1. The first kappa shape index (κ1) is 11.9. The number of para-hydroxylation sites is 1. The molecular weight excluding hydrogens is 264 g/mol. The predicted octanol–water partition coefficient (Wildman–Crippen LogP) is 2.45. The Balaban J connectivity index is 2.13. The van der Waals surface area contributed by atoms with Crippen LogP contribution in [0.4, 0.5) is 0 Å². The number of nitrogens with zero attached hydrogens (tertiary/aromatic N) is 3. The van der Waals surface area contributed by atoms with Gasteiger partial charge >= 0.3 is 0 Å². The maximum Gasteiger partial charge on any atom is 0.246 e. The number of rotatable bonds is 3. The van der Waals surface area contributed by atoms with Crippen LogP contribution in [0.5, 0.6) is 5.75 Å². The van der Waals surface area contributed by atoms with Crippen molar-refractivity contribution in [2.24, 2.45) is 0 Å². The molecule has 0 saturated carbocycles. The number of aromatic amines is 1. The molecule has 1 N–H and O–H groups in total. The van der Waals surface area contributed by atoms with Crippen molar-refractivity contribution >= 4 is 23.3 Å². The van der Waals surface area contributed by atoms with Crippen LogP contribution in [-0.2, 0) is 6.54 Å². The molecule has 0 radical (unpaired) electrons. The number of hydrogen-bond acceptors (Lipinski definition) is 5. The number of imidazole rings is 1. The van der Waals surface area contributed by atoms with E-state index in [2.05, 4.69) is 15.1 Å². The van der Waals surface area contributed by atoms with Crippen LogP contribution in [-0.4, -0.2) is 26.8 Å². The SMILES string of the molecule is COc1cccc2c1[nH]c(=S)n2Cc1nc(C)no1. The number of methoxy groups -OCH3 is 1. The summed E-state index contributed by atoms with van der Waals surface area (Å²) in [5.74, 6) is 1.89. The third kappa shape index (κ3) is 2.01. The third-order valence-corrected chi connectivity index (χ3v) is 3.18. The highest BCUT2D eigenvalue weighted by Crippen LogP contribution is 2.24. The maximum absolute atomic E-state index is 5.33. The van der Waals surface area contributed by atoms with Crippen LogP contribution >= 0.6 is 12.2 Å². The van der Waals surface area contributed by atoms with Gasteiger partial charge in [-0.25, -0.2) is 0 Å². The second-order valence-corrected chi connectivity index (χ2v) is 4.49. The largest absolute Gasteiger partial charge is 0.494 e. The van der Waals surface area contributed by atoms with Gasteiger partial charge in [-0.05, 0) is 31.3 Å². The lowest BCUT2D eigenvalue weighted by Crippen LogP contribution is -2.00. The molecule has 2 aromatic heterocycles. The second-order valence-electron chi connectivity index (χ2n) is 4.11. The summed E-state index contributed by atoms with van der Waals surface area (Å²) < 4.78 is 12.9. The van der Waals surface area contributed by atoms with Crippen molar-refractivity contribution in [1.82, 2.24) is 19.7 Å². The zero-order chi connectivity index (χ0) is 13.4. The molecule has 3 rings (SSSR count). The molecule has 0 bridgehead atoms. The van der Waals surface area contributed by atoms with Gasteiger partial charge in [0, 0.05) is 0 Å². The number of aromatic nitrogens is 4. The average molecular weight is 276 g/mol. The van der Waals surface area contributed by atoms with E-state index in [1.165, 1.54) is 0 Å². The Morgan fingerprint density at radius 2 is 2.32 bits per heavy atom. The van der Waals surface area contributed by atoms with Crippen LogP contribution in [0.1, 0.15) is 11.7 Å². The Bertz CT molecular complexity index is 786. The van der Waals surface area contributed by atoms with Crippen molar-refractivity contribution in [3.05, 3.63) is 34.7 Å². The number of hydrogen-bond donors (Lipinski definition) is 1. The summed E-state index contributed by atoms with van der Waals surface area (Å²) >= 11 is 5.33. The first-order chi connectivity index (χ1) is 9.19. The Morgan fingerprint density at radius 3 is 3.00 bits per heavy atom. The number of aryl methyl sites for hydroxylation is 1. The molecule has 1 aromatic carbocycles. The summed E-state index contributed by atoms with van der Waals surface area (Å²) in [4.78, 5) is 7.32. The Hall–Kier alpha value is -2.15. The number of nitrogens with one attached hydrogen (secondary N) is 1. The van der Waals surface area contributed by atoms with E-state index in [4.69, 9.17) is 21.5 Å². The van der Waals surface area contributed by atoms with Crippen LogP contribution in [0.15, 0.2) is 22.7 Å². The van der Waals surface area contributed by atoms with Gasteiger partial charge in [0.1, 0.15) is 17.8 Å². The molecule has 7 heteroatoms. The molecule has 0 unspecified atom stereocenters. The van der Waals surface area contributed by atoms with Gasteiger partial charge in [0.05, 0.1) is 12.6 Å². The Morgan fingerprint density at radius 1 is 1.47 bits per heavy atom. The molecule has 0 aliphatic carbocycles. The maximum atomic E-state index is 5.33. The standard InChI is InChI=1S/C12H12N4O2S/c1-7-13-10(18-15-7)6-16-8-4-3-5-9(17-2)11(8)14-12(16)19/h3-5H,6H2,1-2H3,(H,14,19). The van der Waals surface area contributed by atoms with Crippen molar-refractivity contribution in [2.45, 2.75) is 13.5 Å². The molecule has 19 heavy (non-hydrogen) atoms.